The van der Waals surface area contributed by atoms with Gasteiger partial charge >= 0.3 is 5.51 Å². The molecule has 9 heteroatoms. The van der Waals surface area contributed by atoms with Gasteiger partial charge < -0.3 is 11.1 Å². The maximum atomic E-state index is 11.8. The van der Waals surface area contributed by atoms with Crippen molar-refractivity contribution in [2.24, 2.45) is 0 Å². The molecule has 0 fully saturated rings. The zero-order valence-corrected chi connectivity index (χ0v) is 11.3. The van der Waals surface area contributed by atoms with Crippen molar-refractivity contribution in [1.29, 1.82) is 0 Å². The van der Waals surface area contributed by atoms with Gasteiger partial charge in [-0.1, -0.05) is 0 Å². The van der Waals surface area contributed by atoms with Gasteiger partial charge in [-0.15, -0.1) is 0 Å². The van der Waals surface area contributed by atoms with Crippen LogP contribution in [0.1, 0.15) is 10.4 Å². The van der Waals surface area contributed by atoms with Crippen LogP contribution < -0.4 is 11.1 Å². The van der Waals surface area contributed by atoms with Crippen molar-refractivity contribution in [3.8, 4) is 0 Å². The number of nitrogens with two attached hydrogens (primary N) is 1. The summed E-state index contributed by atoms with van der Waals surface area (Å²) in [6.45, 7) is -0.102. The quantitative estimate of drug-likeness (QED) is 0.824. The van der Waals surface area contributed by atoms with Crippen molar-refractivity contribution in [3.63, 3.8) is 0 Å². The second-order valence-electron chi connectivity index (χ2n) is 3.14. The van der Waals surface area contributed by atoms with E-state index in [1.54, 1.807) is 0 Å². The number of alkyl halides is 3. The first-order valence-corrected chi connectivity index (χ1v) is 6.47. The summed E-state index contributed by atoms with van der Waals surface area (Å²) in [5.74, 6) is -0.778. The van der Waals surface area contributed by atoms with E-state index < -0.39 is 11.4 Å². The van der Waals surface area contributed by atoms with E-state index >= 15 is 0 Å². The van der Waals surface area contributed by atoms with Crippen LogP contribution in [0.4, 0.5) is 19.0 Å². The molecule has 100 valence electrons. The molecule has 0 radical (unpaired) electrons. The van der Waals surface area contributed by atoms with Crippen LogP contribution in [0.2, 0.25) is 0 Å². The standard InChI is InChI=1S/C9H9BrF3N3OS/c10-5-3-6(7(14)16-4-5)8(17)15-1-2-18-9(11,12)13/h3-4H,1-2H2,(H2,14,16)(H,15,17). The maximum absolute atomic E-state index is 11.8. The first kappa shape index (κ1) is 15.1. The summed E-state index contributed by atoms with van der Waals surface area (Å²) in [4.78, 5) is 15.4. The van der Waals surface area contributed by atoms with Crippen molar-refractivity contribution in [2.45, 2.75) is 5.51 Å². The van der Waals surface area contributed by atoms with E-state index in [1.165, 1.54) is 12.3 Å². The lowest BCUT2D eigenvalue weighted by molar-refractivity contribution is -0.0327. The Kier molecular flexibility index (Phi) is 5.27. The highest BCUT2D eigenvalue weighted by molar-refractivity contribution is 9.10. The number of hydrogen-bond donors (Lipinski definition) is 2. The molecule has 0 unspecified atom stereocenters. The number of nitrogen functional groups attached to an aromatic ring is 1. The minimum atomic E-state index is -4.29. The molecule has 1 aromatic rings. The molecule has 0 bridgehead atoms. The topological polar surface area (TPSA) is 68.0 Å². The molecule has 0 aliphatic heterocycles. The summed E-state index contributed by atoms with van der Waals surface area (Å²) in [5.41, 5.74) is 1.32. The van der Waals surface area contributed by atoms with Crippen molar-refractivity contribution >= 4 is 39.4 Å². The Balaban J connectivity index is 2.48. The molecule has 0 saturated heterocycles. The van der Waals surface area contributed by atoms with Gasteiger partial charge in [-0.25, -0.2) is 4.98 Å². The van der Waals surface area contributed by atoms with Crippen LogP contribution in [0.5, 0.6) is 0 Å². The second-order valence-corrected chi connectivity index (χ2v) is 5.21. The molecule has 1 amide bonds. The fourth-order valence-corrected chi connectivity index (χ4v) is 1.83. The first-order chi connectivity index (χ1) is 8.29. The number of nitrogens with one attached hydrogen (secondary N) is 1. The molecule has 0 aromatic carbocycles. The minimum absolute atomic E-state index is 0.0270. The number of anilines is 1. The third-order valence-electron chi connectivity index (χ3n) is 1.78. The predicted octanol–water partition coefficient (Wildman–Crippen LogP) is 2.41. The van der Waals surface area contributed by atoms with Crippen molar-refractivity contribution in [2.75, 3.05) is 18.0 Å². The third-order valence-corrected chi connectivity index (χ3v) is 2.95. The molecule has 3 N–H and O–H groups in total. The van der Waals surface area contributed by atoms with Gasteiger partial charge in [-0.2, -0.15) is 13.2 Å². The number of hydrogen-bond acceptors (Lipinski definition) is 4. The molecule has 1 heterocycles. The number of amides is 1. The lowest BCUT2D eigenvalue weighted by Gasteiger charge is -2.08. The molecule has 1 aromatic heterocycles. The van der Waals surface area contributed by atoms with Crippen molar-refractivity contribution in [1.82, 2.24) is 10.3 Å². The summed E-state index contributed by atoms with van der Waals surface area (Å²) < 4.78 is 36.1. The van der Waals surface area contributed by atoms with Crippen LogP contribution in [0, 0.1) is 0 Å². The molecule has 1 rings (SSSR count). The van der Waals surface area contributed by atoms with Gasteiger partial charge in [0.2, 0.25) is 0 Å². The van der Waals surface area contributed by atoms with E-state index in [0.29, 0.717) is 4.47 Å². The highest BCUT2D eigenvalue weighted by atomic mass is 79.9. The zero-order valence-electron chi connectivity index (χ0n) is 8.92. The molecule has 4 nitrogen and oxygen atoms in total. The minimum Gasteiger partial charge on any atom is -0.383 e. The van der Waals surface area contributed by atoms with E-state index in [1.807, 2.05) is 0 Å². The highest BCUT2D eigenvalue weighted by Gasteiger charge is 2.27. The van der Waals surface area contributed by atoms with Gasteiger partial charge in [0, 0.05) is 23.0 Å². The molecule has 0 saturated carbocycles. The molecule has 18 heavy (non-hydrogen) atoms. The Labute approximate surface area is 114 Å². The number of aromatic nitrogens is 1. The SMILES string of the molecule is Nc1ncc(Br)cc1C(=O)NCCSC(F)(F)F. The average molecular weight is 344 g/mol. The van der Waals surface area contributed by atoms with Crippen LogP contribution in [-0.2, 0) is 0 Å². The molecule has 0 aliphatic carbocycles. The number of carbonyl (C=O) groups excluding carboxylic acids is 1. The Morgan fingerprint density at radius 1 is 1.56 bits per heavy atom. The maximum Gasteiger partial charge on any atom is 0.441 e. The van der Waals surface area contributed by atoms with Crippen molar-refractivity contribution < 1.29 is 18.0 Å². The molecular weight excluding hydrogens is 335 g/mol. The van der Waals surface area contributed by atoms with E-state index in [4.69, 9.17) is 5.73 Å². The van der Waals surface area contributed by atoms with Gasteiger partial charge in [-0.05, 0) is 33.8 Å². The molecule has 0 atom stereocenters. The fourth-order valence-electron chi connectivity index (χ4n) is 1.06. The molecule has 0 spiro atoms. The number of pyridine rings is 1. The van der Waals surface area contributed by atoms with E-state index in [9.17, 15) is 18.0 Å². The highest BCUT2D eigenvalue weighted by Crippen LogP contribution is 2.29. The lowest BCUT2D eigenvalue weighted by Crippen LogP contribution is -2.27. The van der Waals surface area contributed by atoms with Crippen LogP contribution in [0.15, 0.2) is 16.7 Å². The zero-order chi connectivity index (χ0) is 13.8. The lowest BCUT2D eigenvalue weighted by atomic mass is 10.2. The van der Waals surface area contributed by atoms with Crippen LogP contribution >= 0.6 is 27.7 Å². The van der Waals surface area contributed by atoms with Crippen LogP contribution in [-0.4, -0.2) is 28.7 Å². The summed E-state index contributed by atoms with van der Waals surface area (Å²) in [6, 6.07) is 1.45. The smallest absolute Gasteiger partial charge is 0.383 e. The average Bonchev–Trinajstić information content (AvgIpc) is 2.26. The first-order valence-electron chi connectivity index (χ1n) is 4.69. The van der Waals surface area contributed by atoms with Gasteiger partial charge in [-0.3, -0.25) is 4.79 Å². The largest absolute Gasteiger partial charge is 0.441 e. The van der Waals surface area contributed by atoms with E-state index in [2.05, 4.69) is 26.2 Å². The Hall–Kier alpha value is -0.960. The Morgan fingerprint density at radius 3 is 2.83 bits per heavy atom. The van der Waals surface area contributed by atoms with Gasteiger partial charge in [0.15, 0.2) is 0 Å². The normalized spacial score (nSPS) is 11.3. The summed E-state index contributed by atoms with van der Waals surface area (Å²) in [6.07, 6.45) is 1.42. The number of thioether (sulfide) groups is 1. The number of rotatable bonds is 4. The van der Waals surface area contributed by atoms with E-state index in [0.717, 1.165) is 0 Å². The summed E-state index contributed by atoms with van der Waals surface area (Å²) >= 11 is 2.93. The Bertz CT molecular complexity index is 442. The van der Waals surface area contributed by atoms with E-state index in [-0.39, 0.29) is 35.4 Å². The second kappa shape index (κ2) is 6.28. The van der Waals surface area contributed by atoms with Gasteiger partial charge in [0.1, 0.15) is 5.82 Å². The monoisotopic (exact) mass is 343 g/mol. The van der Waals surface area contributed by atoms with Gasteiger partial charge in [0.05, 0.1) is 5.56 Å². The molecular formula is C9H9BrF3N3OS. The van der Waals surface area contributed by atoms with Crippen LogP contribution in [0.3, 0.4) is 0 Å². The Morgan fingerprint density at radius 2 is 2.22 bits per heavy atom. The summed E-state index contributed by atoms with van der Waals surface area (Å²) in [5, 5.41) is 2.34. The summed E-state index contributed by atoms with van der Waals surface area (Å²) in [7, 11) is 0. The fraction of sp³-hybridized carbons (Fsp3) is 0.333. The molecule has 0 aliphatic rings. The van der Waals surface area contributed by atoms with Crippen LogP contribution in [0.25, 0.3) is 0 Å². The van der Waals surface area contributed by atoms with Gasteiger partial charge in [0.25, 0.3) is 5.91 Å². The third kappa shape index (κ3) is 5.13. The predicted molar refractivity (Wildman–Crippen MR) is 67.2 cm³/mol. The number of carbonyl (C=O) groups is 1. The number of halogens is 4. The van der Waals surface area contributed by atoms with Crippen molar-refractivity contribution in [3.05, 3.63) is 22.3 Å². The number of nitrogens with zero attached hydrogens (tertiary/aromatic N) is 1.